The van der Waals surface area contributed by atoms with Crippen LogP contribution in [0.15, 0.2) is 36.4 Å². The molecular weight excluding hydrogens is 404 g/mol. The first-order chi connectivity index (χ1) is 13.6. The third kappa shape index (κ3) is 3.24. The summed E-state index contributed by atoms with van der Waals surface area (Å²) in [5.41, 5.74) is 1.15. The highest BCUT2D eigenvalue weighted by molar-refractivity contribution is 7.93. The van der Waals surface area contributed by atoms with Gasteiger partial charge in [0.2, 0.25) is 10.0 Å². The van der Waals surface area contributed by atoms with Crippen LogP contribution in [-0.2, 0) is 14.8 Å². The van der Waals surface area contributed by atoms with Crippen molar-refractivity contribution in [1.82, 2.24) is 0 Å². The van der Waals surface area contributed by atoms with Gasteiger partial charge in [0, 0.05) is 12.0 Å². The maximum Gasteiger partial charge on any atom is 0.234 e. The zero-order valence-corrected chi connectivity index (χ0v) is 18.5. The standard InChI is InChI=1S/C22H26N2O3S2/c1-14-6-4-5-7-16(14)20(23)17-8-9-19(28-17)24-29(26,27)13-22-11-10-15(12-18(22)25)21(22,2)3/h4-9,15,23-24H,10-13H2,1-3H3. The average molecular weight is 431 g/mol. The van der Waals surface area contributed by atoms with E-state index in [1.54, 1.807) is 12.1 Å². The lowest BCUT2D eigenvalue weighted by Crippen LogP contribution is -2.43. The van der Waals surface area contributed by atoms with Gasteiger partial charge in [-0.25, -0.2) is 8.42 Å². The monoisotopic (exact) mass is 430 g/mol. The van der Waals surface area contributed by atoms with Gasteiger partial charge in [-0.3, -0.25) is 14.9 Å². The van der Waals surface area contributed by atoms with Crippen LogP contribution in [0.25, 0.3) is 0 Å². The van der Waals surface area contributed by atoms with Gasteiger partial charge in [0.05, 0.1) is 21.8 Å². The number of fused-ring (bicyclic) bond motifs is 2. The predicted molar refractivity (Wildman–Crippen MR) is 117 cm³/mol. The topological polar surface area (TPSA) is 87.1 Å². The highest BCUT2D eigenvalue weighted by Crippen LogP contribution is 2.64. The van der Waals surface area contributed by atoms with Crippen molar-refractivity contribution >= 4 is 37.9 Å². The number of carbonyl (C=O) groups excluding carboxylic acids is 1. The lowest BCUT2D eigenvalue weighted by Gasteiger charge is -2.36. The number of hydrogen-bond donors (Lipinski definition) is 2. The summed E-state index contributed by atoms with van der Waals surface area (Å²) in [4.78, 5) is 13.4. The van der Waals surface area contributed by atoms with Crippen molar-refractivity contribution in [3.63, 3.8) is 0 Å². The second-order valence-electron chi connectivity index (χ2n) is 8.88. The molecule has 2 N–H and O–H groups in total. The summed E-state index contributed by atoms with van der Waals surface area (Å²) in [5.74, 6) is 0.218. The summed E-state index contributed by atoms with van der Waals surface area (Å²) in [6, 6.07) is 11.1. The Labute approximate surface area is 176 Å². The summed E-state index contributed by atoms with van der Waals surface area (Å²) >= 11 is 1.25. The minimum atomic E-state index is -3.68. The summed E-state index contributed by atoms with van der Waals surface area (Å²) < 4.78 is 28.6. The zero-order valence-electron chi connectivity index (χ0n) is 16.9. The fraction of sp³-hybridized carbons (Fsp3) is 0.455. The number of anilines is 1. The number of benzene rings is 1. The van der Waals surface area contributed by atoms with E-state index in [1.807, 2.05) is 45.0 Å². The molecule has 0 amide bonds. The van der Waals surface area contributed by atoms with Gasteiger partial charge in [0.1, 0.15) is 10.8 Å². The van der Waals surface area contributed by atoms with E-state index in [-0.39, 0.29) is 22.9 Å². The molecule has 0 aliphatic heterocycles. The van der Waals surface area contributed by atoms with E-state index in [0.717, 1.165) is 17.5 Å². The molecule has 29 heavy (non-hydrogen) atoms. The molecule has 1 aromatic heterocycles. The summed E-state index contributed by atoms with van der Waals surface area (Å²) in [5, 5.41) is 8.95. The number of aryl methyl sites for hydroxylation is 1. The molecule has 2 aliphatic carbocycles. The number of carbonyl (C=O) groups is 1. The van der Waals surface area contributed by atoms with Crippen molar-refractivity contribution in [2.75, 3.05) is 10.5 Å². The predicted octanol–water partition coefficient (Wildman–Crippen LogP) is 4.61. The fourth-order valence-corrected chi connectivity index (χ4v) is 8.18. The van der Waals surface area contributed by atoms with Gasteiger partial charge in [-0.2, -0.15) is 0 Å². The smallest absolute Gasteiger partial charge is 0.234 e. The van der Waals surface area contributed by atoms with Gasteiger partial charge < -0.3 is 0 Å². The molecule has 1 aromatic carbocycles. The fourth-order valence-electron chi connectivity index (χ4n) is 5.14. The van der Waals surface area contributed by atoms with E-state index >= 15 is 0 Å². The van der Waals surface area contributed by atoms with Crippen molar-refractivity contribution in [3.8, 4) is 0 Å². The third-order valence-corrected chi connectivity index (χ3v) is 9.65. The quantitative estimate of drug-likeness (QED) is 0.656. The van der Waals surface area contributed by atoms with Crippen LogP contribution in [0, 0.1) is 29.1 Å². The highest BCUT2D eigenvalue weighted by atomic mass is 32.2. The Balaban J connectivity index is 1.54. The van der Waals surface area contributed by atoms with Gasteiger partial charge in [-0.15, -0.1) is 11.3 Å². The van der Waals surface area contributed by atoms with Gasteiger partial charge in [-0.1, -0.05) is 38.1 Å². The van der Waals surface area contributed by atoms with Crippen LogP contribution in [-0.4, -0.2) is 25.7 Å². The van der Waals surface area contributed by atoms with Crippen LogP contribution >= 0.6 is 11.3 Å². The SMILES string of the molecule is Cc1ccccc1C(=N)c1ccc(NS(=O)(=O)CC23CCC(CC2=O)C3(C)C)s1. The van der Waals surface area contributed by atoms with Crippen LogP contribution in [0.5, 0.6) is 0 Å². The van der Waals surface area contributed by atoms with Crippen molar-refractivity contribution in [2.45, 2.75) is 40.0 Å². The normalized spacial score (nSPS) is 25.3. The van der Waals surface area contributed by atoms with Crippen LogP contribution in [0.4, 0.5) is 5.00 Å². The van der Waals surface area contributed by atoms with Crippen LogP contribution in [0.1, 0.15) is 49.1 Å². The maximum absolute atomic E-state index is 13.0. The van der Waals surface area contributed by atoms with Gasteiger partial charge >= 0.3 is 0 Å². The molecule has 2 unspecified atom stereocenters. The minimum absolute atomic E-state index is 0.0947. The highest BCUT2D eigenvalue weighted by Gasteiger charge is 2.65. The number of ketones is 1. The second-order valence-corrected chi connectivity index (χ2v) is 11.7. The Morgan fingerprint density at radius 3 is 2.59 bits per heavy atom. The first-order valence-electron chi connectivity index (χ1n) is 9.84. The van der Waals surface area contributed by atoms with Crippen LogP contribution in [0.3, 0.4) is 0 Å². The van der Waals surface area contributed by atoms with E-state index in [0.29, 0.717) is 28.4 Å². The molecule has 2 saturated carbocycles. The zero-order chi connectivity index (χ0) is 21.0. The molecule has 2 bridgehead atoms. The number of hydrogen-bond acceptors (Lipinski definition) is 5. The van der Waals surface area contributed by atoms with E-state index < -0.39 is 15.4 Å². The van der Waals surface area contributed by atoms with Gasteiger partial charge in [0.15, 0.2) is 0 Å². The van der Waals surface area contributed by atoms with Crippen molar-refractivity contribution < 1.29 is 13.2 Å². The minimum Gasteiger partial charge on any atom is -0.299 e. The Hall–Kier alpha value is -1.99. The molecule has 5 nitrogen and oxygen atoms in total. The summed E-state index contributed by atoms with van der Waals surface area (Å²) in [6.45, 7) is 6.03. The lowest BCUT2D eigenvalue weighted by molar-refractivity contribution is -0.128. The number of thiophene rings is 1. The number of sulfonamides is 1. The molecule has 2 fully saturated rings. The lowest BCUT2D eigenvalue weighted by atomic mass is 9.70. The Bertz CT molecular complexity index is 1100. The molecule has 2 aromatic rings. The molecule has 2 atom stereocenters. The maximum atomic E-state index is 13.0. The number of rotatable bonds is 6. The summed E-state index contributed by atoms with van der Waals surface area (Å²) in [6.07, 6.45) is 2.07. The first kappa shape index (κ1) is 20.3. The molecule has 0 radical (unpaired) electrons. The van der Waals surface area contributed by atoms with Crippen LogP contribution < -0.4 is 4.72 Å². The third-order valence-electron chi connectivity index (χ3n) is 7.10. The van der Waals surface area contributed by atoms with E-state index in [1.165, 1.54) is 11.3 Å². The number of nitrogens with one attached hydrogen (secondary N) is 2. The van der Waals surface area contributed by atoms with Crippen molar-refractivity contribution in [2.24, 2.45) is 16.7 Å². The van der Waals surface area contributed by atoms with Crippen LogP contribution in [0.2, 0.25) is 0 Å². The van der Waals surface area contributed by atoms with Crippen molar-refractivity contribution in [1.29, 1.82) is 5.41 Å². The Morgan fingerprint density at radius 2 is 1.97 bits per heavy atom. The molecule has 0 saturated heterocycles. The van der Waals surface area contributed by atoms with Gasteiger partial charge in [0.25, 0.3) is 0 Å². The summed E-state index contributed by atoms with van der Waals surface area (Å²) in [7, 11) is -3.68. The molecule has 154 valence electrons. The molecule has 7 heteroatoms. The van der Waals surface area contributed by atoms with E-state index in [4.69, 9.17) is 5.41 Å². The molecule has 0 spiro atoms. The van der Waals surface area contributed by atoms with E-state index in [9.17, 15) is 13.2 Å². The largest absolute Gasteiger partial charge is 0.299 e. The number of Topliss-reactive ketones (excluding diaryl/α,β-unsaturated/α-hetero) is 1. The second kappa shape index (κ2) is 6.77. The molecule has 1 heterocycles. The van der Waals surface area contributed by atoms with Gasteiger partial charge in [-0.05, 0) is 48.8 Å². The molecular formula is C22H26N2O3S2. The molecule has 2 aliphatic rings. The first-order valence-corrected chi connectivity index (χ1v) is 12.3. The average Bonchev–Trinajstić information content (AvgIpc) is 3.24. The van der Waals surface area contributed by atoms with Crippen molar-refractivity contribution in [3.05, 3.63) is 52.4 Å². The molecule has 4 rings (SSSR count). The van der Waals surface area contributed by atoms with E-state index in [2.05, 4.69) is 4.72 Å². The Morgan fingerprint density at radius 1 is 1.24 bits per heavy atom. The Kier molecular flexibility index (Phi) is 4.74.